The molecule has 0 aromatic carbocycles. The summed E-state index contributed by atoms with van der Waals surface area (Å²) in [6, 6.07) is 2.97. The van der Waals surface area contributed by atoms with E-state index in [1.54, 1.807) is 12.3 Å². The number of amides is 1. The van der Waals surface area contributed by atoms with Crippen LogP contribution in [0.2, 0.25) is 10.2 Å². The van der Waals surface area contributed by atoms with E-state index >= 15 is 0 Å². The number of rotatable bonds is 4. The standard InChI is InChI=1S/C28H36Cl2N6O3/c1-14(2)17-9-10-31-20(15(3)4)21(17)36-25-18(13-19(29)23(30)32-25)24(33-26(36)37)34-11-12-35(27(38)39)22(16(34)5)28(6,7)8/h9-10,13-16,22H,11-12H2,1-8H3,(H,38,39)/t16?,22-/m1/s1. The molecule has 39 heavy (non-hydrogen) atoms. The lowest BCUT2D eigenvalue weighted by molar-refractivity contribution is 0.0562. The number of fused-ring (bicyclic) bond motifs is 1. The van der Waals surface area contributed by atoms with Crippen molar-refractivity contribution in [3.05, 3.63) is 50.2 Å². The number of hydrogen-bond acceptors (Lipinski definition) is 6. The molecule has 1 fully saturated rings. The minimum atomic E-state index is -0.967. The normalized spacial score (nSPS) is 18.5. The molecule has 3 aromatic rings. The Morgan fingerprint density at radius 3 is 2.33 bits per heavy atom. The van der Waals surface area contributed by atoms with Crippen LogP contribution in [0.4, 0.5) is 10.6 Å². The van der Waals surface area contributed by atoms with E-state index in [0.29, 0.717) is 29.1 Å². The van der Waals surface area contributed by atoms with Crippen molar-refractivity contribution in [2.24, 2.45) is 5.41 Å². The van der Waals surface area contributed by atoms with Gasteiger partial charge in [-0.15, -0.1) is 0 Å². The smallest absolute Gasteiger partial charge is 0.407 e. The fraction of sp³-hybridized carbons (Fsp3) is 0.536. The van der Waals surface area contributed by atoms with Gasteiger partial charge >= 0.3 is 11.8 Å². The maximum atomic E-state index is 14.0. The molecule has 1 aliphatic heterocycles. The van der Waals surface area contributed by atoms with Crippen LogP contribution in [-0.2, 0) is 0 Å². The summed E-state index contributed by atoms with van der Waals surface area (Å²) in [6.45, 7) is 16.8. The highest BCUT2D eigenvalue weighted by Gasteiger charge is 2.44. The maximum Gasteiger partial charge on any atom is 0.407 e. The third-order valence-corrected chi connectivity index (χ3v) is 8.08. The molecule has 3 aromatic heterocycles. The summed E-state index contributed by atoms with van der Waals surface area (Å²) in [5.74, 6) is 0.534. The van der Waals surface area contributed by atoms with Gasteiger partial charge in [0.15, 0.2) is 5.65 Å². The van der Waals surface area contributed by atoms with Gasteiger partial charge < -0.3 is 14.9 Å². The second-order valence-electron chi connectivity index (χ2n) is 11.8. The van der Waals surface area contributed by atoms with Gasteiger partial charge in [-0.25, -0.2) is 19.1 Å². The molecular formula is C28H36Cl2N6O3. The van der Waals surface area contributed by atoms with E-state index in [2.05, 4.69) is 28.8 Å². The Balaban J connectivity index is 2.05. The minimum Gasteiger partial charge on any atom is -0.465 e. The molecule has 210 valence electrons. The van der Waals surface area contributed by atoms with E-state index in [1.807, 2.05) is 52.5 Å². The molecule has 9 nitrogen and oxygen atoms in total. The predicted octanol–water partition coefficient (Wildman–Crippen LogP) is 6.33. The molecule has 1 saturated heterocycles. The summed E-state index contributed by atoms with van der Waals surface area (Å²) in [4.78, 5) is 43.4. The molecule has 0 radical (unpaired) electrons. The van der Waals surface area contributed by atoms with E-state index in [-0.39, 0.29) is 46.1 Å². The van der Waals surface area contributed by atoms with Crippen molar-refractivity contribution in [1.29, 1.82) is 0 Å². The van der Waals surface area contributed by atoms with Gasteiger partial charge in [0, 0.05) is 25.3 Å². The van der Waals surface area contributed by atoms with Gasteiger partial charge in [-0.1, -0.05) is 71.7 Å². The van der Waals surface area contributed by atoms with Crippen LogP contribution in [0.3, 0.4) is 0 Å². The third-order valence-electron chi connectivity index (χ3n) is 7.41. The summed E-state index contributed by atoms with van der Waals surface area (Å²) >= 11 is 12.9. The monoisotopic (exact) mass is 574 g/mol. The number of halogens is 2. The van der Waals surface area contributed by atoms with Crippen LogP contribution in [0.5, 0.6) is 0 Å². The molecule has 2 atom stereocenters. The van der Waals surface area contributed by atoms with Crippen LogP contribution in [0.25, 0.3) is 16.7 Å². The Kier molecular flexibility index (Phi) is 7.89. The van der Waals surface area contributed by atoms with Crippen LogP contribution in [0.1, 0.15) is 78.5 Å². The molecule has 1 unspecified atom stereocenters. The lowest BCUT2D eigenvalue weighted by Crippen LogP contribution is -2.64. The van der Waals surface area contributed by atoms with Gasteiger partial charge in [0.1, 0.15) is 11.0 Å². The van der Waals surface area contributed by atoms with E-state index in [4.69, 9.17) is 23.2 Å². The fourth-order valence-electron chi connectivity index (χ4n) is 5.82. The molecule has 0 spiro atoms. The Morgan fingerprint density at radius 2 is 1.77 bits per heavy atom. The van der Waals surface area contributed by atoms with Crippen molar-refractivity contribution in [3.8, 4) is 5.69 Å². The summed E-state index contributed by atoms with van der Waals surface area (Å²) < 4.78 is 1.50. The molecule has 11 heteroatoms. The van der Waals surface area contributed by atoms with Gasteiger partial charge in [-0.05, 0) is 41.9 Å². The summed E-state index contributed by atoms with van der Waals surface area (Å²) in [6.07, 6.45) is 0.793. The van der Waals surface area contributed by atoms with E-state index in [9.17, 15) is 14.7 Å². The molecule has 0 bridgehead atoms. The number of anilines is 1. The zero-order valence-corrected chi connectivity index (χ0v) is 25.2. The van der Waals surface area contributed by atoms with Crippen LogP contribution >= 0.6 is 23.2 Å². The zero-order chi connectivity index (χ0) is 29.0. The molecule has 4 heterocycles. The second-order valence-corrected chi connectivity index (χ2v) is 12.6. The number of pyridine rings is 2. The first-order valence-electron chi connectivity index (χ1n) is 13.2. The van der Waals surface area contributed by atoms with Gasteiger partial charge in [0.05, 0.1) is 27.8 Å². The Bertz CT molecular complexity index is 1450. The molecule has 1 N–H and O–H groups in total. The van der Waals surface area contributed by atoms with Crippen molar-refractivity contribution >= 4 is 46.1 Å². The van der Waals surface area contributed by atoms with Crippen molar-refractivity contribution in [2.75, 3.05) is 18.0 Å². The van der Waals surface area contributed by atoms with Crippen LogP contribution < -0.4 is 10.6 Å². The Hall–Kier alpha value is -2.91. The van der Waals surface area contributed by atoms with Crippen LogP contribution in [0.15, 0.2) is 23.1 Å². The SMILES string of the molecule is CC(C)c1ccnc(C(C)C)c1-n1c(=O)nc(N2CCN(C(=O)O)[C@@H](C(C)(C)C)C2C)c2cc(Cl)c(Cl)nc21. The van der Waals surface area contributed by atoms with E-state index in [1.165, 1.54) is 9.47 Å². The van der Waals surface area contributed by atoms with Crippen molar-refractivity contribution < 1.29 is 9.90 Å². The number of carboxylic acid groups (broad SMARTS) is 1. The summed E-state index contributed by atoms with van der Waals surface area (Å²) in [7, 11) is 0. The van der Waals surface area contributed by atoms with Gasteiger partial charge in [0.2, 0.25) is 0 Å². The van der Waals surface area contributed by atoms with Crippen LogP contribution in [0, 0.1) is 5.41 Å². The van der Waals surface area contributed by atoms with E-state index in [0.717, 1.165) is 11.3 Å². The summed E-state index contributed by atoms with van der Waals surface area (Å²) in [5, 5.41) is 10.8. The highest BCUT2D eigenvalue weighted by molar-refractivity contribution is 6.41. The number of piperazine rings is 1. The van der Waals surface area contributed by atoms with Crippen molar-refractivity contribution in [1.82, 2.24) is 24.4 Å². The third kappa shape index (κ3) is 5.18. The lowest BCUT2D eigenvalue weighted by atomic mass is 9.80. The Morgan fingerprint density at radius 1 is 1.10 bits per heavy atom. The highest BCUT2D eigenvalue weighted by atomic mass is 35.5. The largest absolute Gasteiger partial charge is 0.465 e. The van der Waals surface area contributed by atoms with Crippen LogP contribution in [-0.4, -0.2) is 60.8 Å². The van der Waals surface area contributed by atoms with Crippen molar-refractivity contribution in [3.63, 3.8) is 0 Å². The first kappa shape index (κ1) is 29.1. The predicted molar refractivity (Wildman–Crippen MR) is 156 cm³/mol. The fourth-order valence-corrected chi connectivity index (χ4v) is 6.10. The maximum absolute atomic E-state index is 14.0. The van der Waals surface area contributed by atoms with Crippen molar-refractivity contribution in [2.45, 2.75) is 79.3 Å². The molecule has 4 rings (SSSR count). The number of carbonyl (C=O) groups is 1. The molecule has 1 aliphatic rings. The highest BCUT2D eigenvalue weighted by Crippen LogP contribution is 2.38. The number of nitrogens with zero attached hydrogens (tertiary/aromatic N) is 6. The van der Waals surface area contributed by atoms with E-state index < -0.39 is 11.8 Å². The van der Waals surface area contributed by atoms with Gasteiger partial charge in [0.25, 0.3) is 0 Å². The minimum absolute atomic E-state index is 0.0276. The molecule has 1 amide bonds. The zero-order valence-electron chi connectivity index (χ0n) is 23.7. The second kappa shape index (κ2) is 10.6. The first-order valence-corrected chi connectivity index (χ1v) is 13.9. The lowest BCUT2D eigenvalue weighted by Gasteiger charge is -2.51. The Labute approximate surface area is 238 Å². The molecular weight excluding hydrogens is 539 g/mol. The average Bonchev–Trinajstić information content (AvgIpc) is 2.83. The molecule has 0 aliphatic carbocycles. The summed E-state index contributed by atoms with van der Waals surface area (Å²) in [5.41, 5.74) is 1.80. The first-order chi connectivity index (χ1) is 18.1. The number of aromatic nitrogens is 4. The van der Waals surface area contributed by atoms with Gasteiger partial charge in [-0.3, -0.25) is 4.98 Å². The molecule has 0 saturated carbocycles. The topological polar surface area (TPSA) is 104 Å². The van der Waals surface area contributed by atoms with Gasteiger partial charge in [-0.2, -0.15) is 4.98 Å². The quantitative estimate of drug-likeness (QED) is 0.363. The number of hydrogen-bond donors (Lipinski definition) is 1. The average molecular weight is 576 g/mol.